The first-order valence-electron chi connectivity index (χ1n) is 11.6. The maximum Gasteiger partial charge on any atom is 0.290 e. The third-order valence-corrected chi connectivity index (χ3v) is 7.32. The molecule has 1 fully saturated rings. The summed E-state index contributed by atoms with van der Waals surface area (Å²) in [7, 11) is 1.58. The van der Waals surface area contributed by atoms with Crippen LogP contribution >= 0.6 is 11.3 Å². The zero-order valence-electron chi connectivity index (χ0n) is 19.4. The van der Waals surface area contributed by atoms with Gasteiger partial charge in [0.1, 0.15) is 11.4 Å². The van der Waals surface area contributed by atoms with Crippen LogP contribution in [0.3, 0.4) is 0 Å². The first-order chi connectivity index (χ1) is 16.5. The van der Waals surface area contributed by atoms with E-state index < -0.39 is 0 Å². The number of ether oxygens (including phenoxy) is 1. The summed E-state index contributed by atoms with van der Waals surface area (Å²) in [6.45, 7) is 3.03. The number of likely N-dealkylation sites (tertiary alicyclic amines) is 1. The molecule has 7 nitrogen and oxygen atoms in total. The Morgan fingerprint density at radius 2 is 2.12 bits per heavy atom. The Morgan fingerprint density at radius 3 is 2.91 bits per heavy atom. The van der Waals surface area contributed by atoms with Gasteiger partial charge in [0.05, 0.1) is 28.3 Å². The molecule has 3 aliphatic heterocycles. The molecule has 1 aromatic heterocycles. The summed E-state index contributed by atoms with van der Waals surface area (Å²) < 4.78 is 19.3. The van der Waals surface area contributed by atoms with Gasteiger partial charge in [-0.15, -0.1) is 11.3 Å². The number of nitrogens with zero attached hydrogens (tertiary/aromatic N) is 5. The summed E-state index contributed by atoms with van der Waals surface area (Å²) in [4.78, 5) is 27.9. The third-order valence-electron chi connectivity index (χ3n) is 6.30. The molecule has 1 aromatic carbocycles. The molecule has 0 unspecified atom stereocenters. The standard InChI is InChI=1S/C25H28FN5O2S/c1-17-27-22(23(34-17)18-8-4-3-5-9-18)25(32)31-11-7-6-10-21(31)12-20-14-29-16-30(26)13-19(15-33-2)24(29)28-20/h3-5,8-9,13-14,21H,6-7,10-12,15-16H2,1-2H3/q+1/t21-/m0/s1. The van der Waals surface area contributed by atoms with Gasteiger partial charge >= 0.3 is 0 Å². The number of carbonyl (C=O) groups is 1. The van der Waals surface area contributed by atoms with Crippen LogP contribution in [0.25, 0.3) is 10.4 Å². The molecular weight excluding hydrogens is 453 g/mol. The van der Waals surface area contributed by atoms with Crippen molar-refractivity contribution >= 4 is 23.1 Å². The van der Waals surface area contributed by atoms with Gasteiger partial charge in [0.2, 0.25) is 6.67 Å². The number of hydrogen-bond donors (Lipinski definition) is 0. The normalized spacial score (nSPS) is 20.7. The molecule has 34 heavy (non-hydrogen) atoms. The minimum Gasteiger partial charge on any atom is -0.380 e. The van der Waals surface area contributed by atoms with E-state index in [0.29, 0.717) is 29.4 Å². The lowest BCUT2D eigenvalue weighted by atomic mass is 9.97. The van der Waals surface area contributed by atoms with Gasteiger partial charge in [-0.3, -0.25) is 4.79 Å². The highest BCUT2D eigenvalue weighted by molar-refractivity contribution is 7.15. The van der Waals surface area contributed by atoms with Gasteiger partial charge in [-0.05, 0) is 31.7 Å². The van der Waals surface area contributed by atoms with Crippen LogP contribution in [-0.2, 0) is 4.74 Å². The van der Waals surface area contributed by atoms with Gasteiger partial charge in [-0.25, -0.2) is 4.98 Å². The van der Waals surface area contributed by atoms with E-state index >= 15 is 0 Å². The molecule has 1 saturated heterocycles. The van der Waals surface area contributed by atoms with E-state index in [1.807, 2.05) is 48.4 Å². The summed E-state index contributed by atoms with van der Waals surface area (Å²) in [6, 6.07) is 10.00. The summed E-state index contributed by atoms with van der Waals surface area (Å²) in [5.41, 5.74) is 3.10. The molecule has 1 amide bonds. The van der Waals surface area contributed by atoms with E-state index in [1.54, 1.807) is 23.3 Å². The van der Waals surface area contributed by atoms with E-state index in [-0.39, 0.29) is 25.2 Å². The Hall–Kier alpha value is -2.88. The van der Waals surface area contributed by atoms with E-state index in [1.165, 1.54) is 6.20 Å². The summed E-state index contributed by atoms with van der Waals surface area (Å²) in [6.07, 6.45) is 6.90. The Balaban J connectivity index is 1.38. The van der Waals surface area contributed by atoms with Gasteiger partial charge in [0.15, 0.2) is 6.20 Å². The van der Waals surface area contributed by atoms with Crippen molar-refractivity contribution in [3.63, 3.8) is 0 Å². The number of aromatic nitrogens is 1. The molecule has 0 N–H and O–H groups in total. The van der Waals surface area contributed by atoms with E-state index in [4.69, 9.17) is 9.73 Å². The average Bonchev–Trinajstić information content (AvgIpc) is 3.43. The van der Waals surface area contributed by atoms with E-state index in [0.717, 1.165) is 46.2 Å². The van der Waals surface area contributed by atoms with Crippen molar-refractivity contribution in [2.24, 2.45) is 4.99 Å². The minimum absolute atomic E-state index is 0.0215. The second-order valence-electron chi connectivity index (χ2n) is 8.78. The van der Waals surface area contributed by atoms with Crippen LogP contribution in [-0.4, -0.2) is 59.7 Å². The lowest BCUT2D eigenvalue weighted by molar-refractivity contribution is 0.0608. The number of hydrogen-bond acceptors (Lipinski definition) is 7. The molecule has 0 bridgehead atoms. The smallest absolute Gasteiger partial charge is 0.290 e. The number of amidine groups is 1. The number of carbonyl (C=O) groups excluding carboxylic acids is 1. The van der Waals surface area contributed by atoms with Crippen LogP contribution in [0.1, 0.15) is 41.2 Å². The Morgan fingerprint density at radius 1 is 1.29 bits per heavy atom. The number of aliphatic imine (C=N–C) groups is 1. The molecule has 5 rings (SSSR count). The molecule has 9 heteroatoms. The van der Waals surface area contributed by atoms with Gasteiger partial charge in [-0.2, -0.15) is 10.1 Å². The van der Waals surface area contributed by atoms with Crippen molar-refractivity contribution in [3.05, 3.63) is 64.7 Å². The highest BCUT2D eigenvalue weighted by Crippen LogP contribution is 2.34. The number of aryl methyl sites for hydroxylation is 1. The first kappa shape index (κ1) is 22.9. The van der Waals surface area contributed by atoms with Crippen LogP contribution in [0.15, 0.2) is 59.0 Å². The summed E-state index contributed by atoms with van der Waals surface area (Å²) in [5.74, 6) is 0.702. The number of halogens is 1. The average molecular weight is 482 g/mol. The molecular formula is C25H28FN5O2S+. The van der Waals surface area contributed by atoms with Crippen molar-refractivity contribution in [2.75, 3.05) is 26.9 Å². The number of thiazole rings is 1. The Labute approximate surface area is 202 Å². The lowest BCUT2D eigenvalue weighted by Gasteiger charge is -2.35. The van der Waals surface area contributed by atoms with Crippen molar-refractivity contribution in [2.45, 2.75) is 38.6 Å². The highest BCUT2D eigenvalue weighted by atomic mass is 32.1. The number of piperidine rings is 1. The first-order valence-corrected chi connectivity index (χ1v) is 12.4. The fourth-order valence-corrected chi connectivity index (χ4v) is 5.73. The number of rotatable bonds is 6. The predicted molar refractivity (Wildman–Crippen MR) is 131 cm³/mol. The monoisotopic (exact) mass is 481 g/mol. The number of methoxy groups -OCH3 is 1. The van der Waals surface area contributed by atoms with Crippen molar-refractivity contribution in [1.82, 2.24) is 19.9 Å². The zero-order chi connectivity index (χ0) is 23.7. The third kappa shape index (κ3) is 4.55. The largest absolute Gasteiger partial charge is 0.380 e. The molecule has 177 valence electrons. The quantitative estimate of drug-likeness (QED) is 0.447. The van der Waals surface area contributed by atoms with Crippen LogP contribution in [0.2, 0.25) is 0 Å². The number of amides is 1. The molecule has 0 spiro atoms. The van der Waals surface area contributed by atoms with Crippen molar-refractivity contribution in [1.29, 1.82) is 0 Å². The molecule has 3 aliphatic rings. The Bertz CT molecular complexity index is 1160. The van der Waals surface area contributed by atoms with E-state index in [9.17, 15) is 9.28 Å². The van der Waals surface area contributed by atoms with Crippen LogP contribution < -0.4 is 4.90 Å². The zero-order valence-corrected chi connectivity index (χ0v) is 20.2. The van der Waals surface area contributed by atoms with Crippen molar-refractivity contribution < 1.29 is 14.0 Å². The van der Waals surface area contributed by atoms with Crippen molar-refractivity contribution in [3.8, 4) is 10.4 Å². The second-order valence-corrected chi connectivity index (χ2v) is 9.99. The Kier molecular flexibility index (Phi) is 6.58. The highest BCUT2D eigenvalue weighted by Gasteiger charge is 2.40. The van der Waals surface area contributed by atoms with Crippen LogP contribution in [0.5, 0.6) is 0 Å². The lowest BCUT2D eigenvalue weighted by Crippen LogP contribution is -2.44. The summed E-state index contributed by atoms with van der Waals surface area (Å²) >= 11 is 1.56. The molecule has 4 heterocycles. The van der Waals surface area contributed by atoms with Gasteiger partial charge in [0, 0.05) is 26.1 Å². The topological polar surface area (TPSA) is 63.9 Å². The fourth-order valence-electron chi connectivity index (χ4n) is 4.82. The van der Waals surface area contributed by atoms with Gasteiger partial charge in [0.25, 0.3) is 11.7 Å². The predicted octanol–water partition coefficient (Wildman–Crippen LogP) is 4.58. The SMILES string of the molecule is COCC1=CN(F)C[N+]2C=C(C[C@@H]3CCCCN3C(=O)c3nc(C)sc3-c3ccccc3)N=C12. The second kappa shape index (κ2) is 9.77. The summed E-state index contributed by atoms with van der Waals surface area (Å²) in [5, 5.41) is 1.52. The minimum atomic E-state index is -0.0215. The fraction of sp³-hybridized carbons (Fsp3) is 0.400. The molecule has 1 atom stereocenters. The van der Waals surface area contributed by atoms with Crippen LogP contribution in [0.4, 0.5) is 4.48 Å². The number of fused-ring (bicyclic) bond motifs is 1. The molecule has 0 saturated carbocycles. The van der Waals surface area contributed by atoms with Gasteiger partial charge < -0.3 is 9.64 Å². The van der Waals surface area contributed by atoms with Crippen LogP contribution in [0, 0.1) is 6.92 Å². The maximum atomic E-state index is 14.0. The molecule has 2 aromatic rings. The molecule has 0 aliphatic carbocycles. The van der Waals surface area contributed by atoms with Gasteiger partial charge in [-0.1, -0.05) is 39.7 Å². The number of benzene rings is 1. The molecule has 1 radical (unpaired) electrons. The van der Waals surface area contributed by atoms with E-state index in [2.05, 4.69) is 4.98 Å². The maximum absolute atomic E-state index is 14.0.